The molecular formula is C36H43FN8O4. The lowest BCUT2D eigenvalue weighted by atomic mass is 10.0. The van der Waals surface area contributed by atoms with Crippen LogP contribution in [0.25, 0.3) is 10.9 Å². The number of nitrogens with one attached hydrogen (secondary N) is 1. The van der Waals surface area contributed by atoms with Crippen LogP contribution < -0.4 is 35.8 Å². The molecule has 4 atom stereocenters. The maximum Gasteiger partial charge on any atom is 0.213 e. The summed E-state index contributed by atoms with van der Waals surface area (Å²) in [6.45, 7) is 7.69. The van der Waals surface area contributed by atoms with Gasteiger partial charge in [0.25, 0.3) is 0 Å². The molecule has 3 N–H and O–H groups in total. The first-order valence-corrected chi connectivity index (χ1v) is 17.2. The number of methoxy groups -OCH3 is 1. The number of aromatic nitrogens is 3. The normalized spacial score (nSPS) is 23.5. The summed E-state index contributed by atoms with van der Waals surface area (Å²) >= 11 is 0. The number of ether oxygens (including phenoxy) is 3. The van der Waals surface area contributed by atoms with E-state index in [2.05, 4.69) is 36.6 Å². The van der Waals surface area contributed by atoms with Gasteiger partial charge in [-0.1, -0.05) is 0 Å². The number of halogens is 1. The van der Waals surface area contributed by atoms with E-state index in [1.807, 2.05) is 41.6 Å². The zero-order valence-electron chi connectivity index (χ0n) is 28.0. The first-order chi connectivity index (χ1) is 23.9. The number of morpholine rings is 1. The summed E-state index contributed by atoms with van der Waals surface area (Å²) in [6.07, 6.45) is 7.47. The highest BCUT2D eigenvalue weighted by molar-refractivity contribution is 5.92. The first kappa shape index (κ1) is 31.8. The average Bonchev–Trinajstić information content (AvgIpc) is 3.55. The third-order valence-electron chi connectivity index (χ3n) is 10.5. The van der Waals surface area contributed by atoms with Gasteiger partial charge in [-0.05, 0) is 49.6 Å². The molecule has 7 heterocycles. The number of nitrogens with zero attached hydrogens (tertiary/aromatic N) is 6. The monoisotopic (exact) mass is 670 g/mol. The number of hydrogen-bond acceptors (Lipinski definition) is 11. The summed E-state index contributed by atoms with van der Waals surface area (Å²) in [4.78, 5) is 29.7. The van der Waals surface area contributed by atoms with Gasteiger partial charge in [-0.25, -0.2) is 14.4 Å². The van der Waals surface area contributed by atoms with E-state index >= 15 is 4.39 Å². The Bertz CT molecular complexity index is 1890. The van der Waals surface area contributed by atoms with Gasteiger partial charge < -0.3 is 39.6 Å². The number of hydrogen-bond donors (Lipinski definition) is 2. The standard InChI is InChI=1S/C36H43FN8O4/c1-22-21-49-36-33-27(13-28(37)34(36)44-19-29-30(20-44)48-11-9-39-29)35(46)24(17-45(22)33)16-43(15-23-7-8-40-32(12-23)47-2)26-4-3-10-42(18-26)25-5-6-31(38)41-14-25/h5-8,12-14,17,22,26,29-30,39H,3-4,9-11,15-16,18-21H2,1-2H3,(H2,38,41)/t22?,26-,29?,30-/m0/s1. The van der Waals surface area contributed by atoms with Crippen LogP contribution in [0.4, 0.5) is 21.6 Å². The number of rotatable bonds is 8. The zero-order chi connectivity index (χ0) is 33.6. The predicted octanol–water partition coefficient (Wildman–Crippen LogP) is 3.32. The summed E-state index contributed by atoms with van der Waals surface area (Å²) in [7, 11) is 1.61. The highest BCUT2D eigenvalue weighted by Gasteiger charge is 2.39. The van der Waals surface area contributed by atoms with Crippen LogP contribution in [0, 0.1) is 5.82 Å². The van der Waals surface area contributed by atoms with Crippen molar-refractivity contribution in [2.45, 2.75) is 57.1 Å². The van der Waals surface area contributed by atoms with E-state index in [9.17, 15) is 4.79 Å². The number of pyridine rings is 3. The Balaban J connectivity index is 1.16. The summed E-state index contributed by atoms with van der Waals surface area (Å²) in [5.74, 6) is 1.02. The van der Waals surface area contributed by atoms with Gasteiger partial charge >= 0.3 is 0 Å². The van der Waals surface area contributed by atoms with E-state index in [0.29, 0.717) is 79.0 Å². The van der Waals surface area contributed by atoms with Gasteiger partial charge in [0.2, 0.25) is 5.88 Å². The molecule has 1 aromatic carbocycles. The fourth-order valence-electron chi connectivity index (χ4n) is 7.95. The molecular weight excluding hydrogens is 627 g/mol. The lowest BCUT2D eigenvalue weighted by Crippen LogP contribution is -2.48. The molecule has 12 nitrogen and oxygen atoms in total. The number of piperidine rings is 1. The Labute approximate surface area is 284 Å². The highest BCUT2D eigenvalue weighted by atomic mass is 19.1. The fourth-order valence-corrected chi connectivity index (χ4v) is 7.95. The van der Waals surface area contributed by atoms with Crippen molar-refractivity contribution in [3.8, 4) is 11.6 Å². The Morgan fingerprint density at radius 1 is 1.14 bits per heavy atom. The minimum absolute atomic E-state index is 0.0125. The maximum absolute atomic E-state index is 16.2. The van der Waals surface area contributed by atoms with Crippen molar-refractivity contribution in [2.75, 3.05) is 68.6 Å². The zero-order valence-corrected chi connectivity index (χ0v) is 28.0. The molecule has 0 spiro atoms. The van der Waals surface area contributed by atoms with Crippen LogP contribution in [-0.2, 0) is 17.8 Å². The van der Waals surface area contributed by atoms with E-state index in [1.165, 1.54) is 6.07 Å². The van der Waals surface area contributed by atoms with Crippen molar-refractivity contribution in [1.29, 1.82) is 0 Å². The van der Waals surface area contributed by atoms with Gasteiger partial charge in [-0.3, -0.25) is 9.69 Å². The van der Waals surface area contributed by atoms with Gasteiger partial charge in [0.1, 0.15) is 18.1 Å². The SMILES string of the molecule is COc1cc(CN(Cc2cn3c4c(c(N5CC6NCCO[C@H]6C5)c(F)cc4c2=O)OCC3C)[C@H]2CCCN(c3ccc(N)nc3)C2)ccn1. The molecule has 4 aliphatic rings. The molecule has 0 radical (unpaired) electrons. The Morgan fingerprint density at radius 3 is 2.86 bits per heavy atom. The quantitative estimate of drug-likeness (QED) is 0.287. The fraction of sp³-hybridized carbons (Fsp3) is 0.472. The van der Waals surface area contributed by atoms with Crippen LogP contribution in [-0.4, -0.2) is 90.7 Å². The van der Waals surface area contributed by atoms with Gasteiger partial charge in [0.05, 0.1) is 54.7 Å². The van der Waals surface area contributed by atoms with E-state index in [1.54, 1.807) is 13.3 Å². The van der Waals surface area contributed by atoms with Crippen LogP contribution >= 0.6 is 0 Å². The van der Waals surface area contributed by atoms with E-state index in [4.69, 9.17) is 19.9 Å². The largest absolute Gasteiger partial charge is 0.487 e. The average molecular weight is 671 g/mol. The van der Waals surface area contributed by atoms with Crippen molar-refractivity contribution >= 4 is 28.1 Å². The van der Waals surface area contributed by atoms with Crippen molar-refractivity contribution < 1.29 is 18.6 Å². The first-order valence-electron chi connectivity index (χ1n) is 17.2. The third kappa shape index (κ3) is 6.04. The van der Waals surface area contributed by atoms with E-state index in [-0.39, 0.29) is 29.7 Å². The third-order valence-corrected chi connectivity index (χ3v) is 10.5. The molecule has 8 rings (SSSR count). The van der Waals surface area contributed by atoms with Gasteiger partial charge in [0.15, 0.2) is 17.0 Å². The van der Waals surface area contributed by atoms with Crippen molar-refractivity contribution in [2.24, 2.45) is 0 Å². The van der Waals surface area contributed by atoms with Crippen molar-refractivity contribution in [3.05, 3.63) is 76.1 Å². The molecule has 4 aliphatic heterocycles. The van der Waals surface area contributed by atoms with Gasteiger partial charge in [0, 0.05) is 75.9 Å². The van der Waals surface area contributed by atoms with Crippen molar-refractivity contribution in [3.63, 3.8) is 0 Å². The van der Waals surface area contributed by atoms with Gasteiger partial charge in [-0.15, -0.1) is 0 Å². The lowest BCUT2D eigenvalue weighted by molar-refractivity contribution is 0.0212. The van der Waals surface area contributed by atoms with Crippen LogP contribution in [0.5, 0.6) is 11.6 Å². The van der Waals surface area contributed by atoms with Crippen LogP contribution in [0.15, 0.2) is 53.7 Å². The Kier molecular flexibility index (Phi) is 8.50. The Hall–Kier alpha value is -4.46. The molecule has 0 bridgehead atoms. The summed E-state index contributed by atoms with van der Waals surface area (Å²) < 4.78 is 36.0. The van der Waals surface area contributed by atoms with E-state index in [0.717, 1.165) is 43.7 Å². The lowest BCUT2D eigenvalue weighted by Gasteiger charge is -2.40. The molecule has 2 unspecified atom stereocenters. The second-order valence-corrected chi connectivity index (χ2v) is 13.7. The summed E-state index contributed by atoms with van der Waals surface area (Å²) in [5, 5.41) is 3.84. The molecule has 49 heavy (non-hydrogen) atoms. The molecule has 3 saturated heterocycles. The van der Waals surface area contributed by atoms with Crippen LogP contribution in [0.3, 0.4) is 0 Å². The minimum Gasteiger partial charge on any atom is -0.487 e. The summed E-state index contributed by atoms with van der Waals surface area (Å²) in [5.41, 5.74) is 9.43. The number of anilines is 3. The molecule has 3 fully saturated rings. The molecule has 0 saturated carbocycles. The number of fused-ring (bicyclic) bond motifs is 1. The van der Waals surface area contributed by atoms with E-state index < -0.39 is 5.82 Å². The molecule has 4 aromatic rings. The molecule has 0 amide bonds. The number of nitrogens with two attached hydrogens (primary N) is 1. The molecule has 258 valence electrons. The molecule has 3 aromatic heterocycles. The second-order valence-electron chi connectivity index (χ2n) is 13.7. The topological polar surface area (TPSA) is 123 Å². The van der Waals surface area contributed by atoms with Crippen molar-refractivity contribution in [1.82, 2.24) is 24.8 Å². The van der Waals surface area contributed by atoms with Crippen LogP contribution in [0.1, 0.15) is 36.9 Å². The minimum atomic E-state index is -0.447. The number of benzene rings is 1. The molecule has 0 aliphatic carbocycles. The predicted molar refractivity (Wildman–Crippen MR) is 186 cm³/mol. The van der Waals surface area contributed by atoms with Crippen LogP contribution in [0.2, 0.25) is 0 Å². The maximum atomic E-state index is 16.2. The second kappa shape index (κ2) is 13.1. The van der Waals surface area contributed by atoms with Gasteiger partial charge in [-0.2, -0.15) is 0 Å². The highest BCUT2D eigenvalue weighted by Crippen LogP contribution is 2.43. The molecule has 13 heteroatoms. The Morgan fingerprint density at radius 2 is 2.04 bits per heavy atom. The summed E-state index contributed by atoms with van der Waals surface area (Å²) in [6, 6.07) is 9.39. The smallest absolute Gasteiger partial charge is 0.213 e. The number of nitrogen functional groups attached to an aromatic ring is 1.